The number of nitrogens with zero attached hydrogens (tertiary/aromatic N) is 5. The molecule has 34 heavy (non-hydrogen) atoms. The third-order valence-corrected chi connectivity index (χ3v) is 6.06. The first-order valence-corrected chi connectivity index (χ1v) is 11.4. The van der Waals surface area contributed by atoms with Crippen LogP contribution in [0.2, 0.25) is 0 Å². The van der Waals surface area contributed by atoms with Gasteiger partial charge >= 0.3 is 0 Å². The van der Waals surface area contributed by atoms with Crippen molar-refractivity contribution in [2.24, 2.45) is 7.05 Å². The van der Waals surface area contributed by atoms with Crippen molar-refractivity contribution in [3.05, 3.63) is 96.7 Å². The average Bonchev–Trinajstić information content (AvgIpc) is 3.32. The Balaban J connectivity index is 1.46. The number of hydrogen-bond donors (Lipinski definition) is 0. The van der Waals surface area contributed by atoms with Crippen molar-refractivity contribution in [3.63, 3.8) is 0 Å². The molecule has 0 bridgehead atoms. The summed E-state index contributed by atoms with van der Waals surface area (Å²) < 4.78 is 7.36. The quantitative estimate of drug-likeness (QED) is 0.439. The molecule has 0 atom stereocenters. The van der Waals surface area contributed by atoms with Crippen LogP contribution in [0.5, 0.6) is 0 Å². The van der Waals surface area contributed by atoms with Crippen LogP contribution in [0.4, 0.5) is 11.5 Å². The number of rotatable bonds is 6. The van der Waals surface area contributed by atoms with Crippen LogP contribution in [0.25, 0.3) is 11.1 Å². The summed E-state index contributed by atoms with van der Waals surface area (Å²) in [6.45, 7) is 3.34. The molecule has 0 spiro atoms. The van der Waals surface area contributed by atoms with E-state index < -0.39 is 0 Å². The number of amides is 1. The molecule has 1 aliphatic rings. The van der Waals surface area contributed by atoms with Gasteiger partial charge in [0.2, 0.25) is 0 Å². The molecular formula is C27H27N5O2. The van der Waals surface area contributed by atoms with Gasteiger partial charge in [0.25, 0.3) is 5.91 Å². The molecule has 0 aliphatic carbocycles. The summed E-state index contributed by atoms with van der Waals surface area (Å²) in [4.78, 5) is 26.7. The van der Waals surface area contributed by atoms with Gasteiger partial charge in [0.05, 0.1) is 25.3 Å². The minimum Gasteiger partial charge on any atom is -0.378 e. The first kappa shape index (κ1) is 21.9. The molecule has 5 rings (SSSR count). The number of morpholine rings is 1. The summed E-state index contributed by atoms with van der Waals surface area (Å²) in [6.07, 6.45) is 5.30. The number of pyridine rings is 1. The lowest BCUT2D eigenvalue weighted by atomic mass is 10.0. The highest BCUT2D eigenvalue weighted by Crippen LogP contribution is 2.27. The fraction of sp³-hybridized carbons (Fsp3) is 0.222. The van der Waals surface area contributed by atoms with Gasteiger partial charge in [0, 0.05) is 44.4 Å². The molecule has 0 saturated carbocycles. The van der Waals surface area contributed by atoms with Crippen LogP contribution >= 0.6 is 0 Å². The van der Waals surface area contributed by atoms with Crippen LogP contribution in [0.1, 0.15) is 16.2 Å². The minimum absolute atomic E-state index is 0.116. The number of aromatic nitrogens is 3. The Morgan fingerprint density at radius 3 is 2.47 bits per heavy atom. The fourth-order valence-corrected chi connectivity index (χ4v) is 4.10. The number of imidazole rings is 1. The van der Waals surface area contributed by atoms with Crippen molar-refractivity contribution in [2.45, 2.75) is 6.54 Å². The van der Waals surface area contributed by atoms with E-state index in [1.54, 1.807) is 17.3 Å². The second-order valence-electron chi connectivity index (χ2n) is 8.27. The largest absolute Gasteiger partial charge is 0.378 e. The van der Waals surface area contributed by atoms with E-state index in [9.17, 15) is 4.79 Å². The van der Waals surface area contributed by atoms with Crippen LogP contribution in [-0.4, -0.2) is 46.7 Å². The van der Waals surface area contributed by atoms with Crippen molar-refractivity contribution in [3.8, 4) is 11.1 Å². The number of aryl methyl sites for hydroxylation is 1. The standard InChI is InChI=1S/C27H27N5O2/c1-30-13-12-28-26(30)20-32(24-9-5-8-22(18-24)21-6-3-2-4-7-21)27(33)23-10-11-25(29-19-23)31-14-16-34-17-15-31/h2-13,18-19H,14-17,20H2,1H3. The third-order valence-electron chi connectivity index (χ3n) is 6.06. The topological polar surface area (TPSA) is 63.5 Å². The Kier molecular flexibility index (Phi) is 6.35. The number of ether oxygens (including phenoxy) is 1. The Bertz CT molecular complexity index is 1250. The molecule has 4 aromatic rings. The maximum atomic E-state index is 13.7. The molecule has 2 aromatic heterocycles. The lowest BCUT2D eigenvalue weighted by Gasteiger charge is -2.28. The summed E-state index contributed by atoms with van der Waals surface area (Å²) >= 11 is 0. The minimum atomic E-state index is -0.116. The van der Waals surface area contributed by atoms with Crippen LogP contribution in [-0.2, 0) is 18.3 Å². The van der Waals surface area contributed by atoms with E-state index in [4.69, 9.17) is 4.74 Å². The lowest BCUT2D eigenvalue weighted by molar-refractivity contribution is 0.0984. The maximum Gasteiger partial charge on any atom is 0.260 e. The normalized spacial score (nSPS) is 13.6. The number of anilines is 2. The Labute approximate surface area is 199 Å². The molecule has 7 heteroatoms. The van der Waals surface area contributed by atoms with E-state index in [0.29, 0.717) is 25.3 Å². The predicted molar refractivity (Wildman–Crippen MR) is 133 cm³/mol. The molecule has 1 amide bonds. The molecule has 1 saturated heterocycles. The van der Waals surface area contributed by atoms with E-state index in [1.165, 1.54) is 0 Å². The summed E-state index contributed by atoms with van der Waals surface area (Å²) in [5.74, 6) is 1.55. The molecule has 3 heterocycles. The Hall–Kier alpha value is -3.97. The van der Waals surface area contributed by atoms with Crippen molar-refractivity contribution in [2.75, 3.05) is 36.1 Å². The number of benzene rings is 2. The zero-order valence-corrected chi connectivity index (χ0v) is 19.2. The van der Waals surface area contributed by atoms with Gasteiger partial charge in [-0.05, 0) is 35.4 Å². The van der Waals surface area contributed by atoms with Crippen LogP contribution in [0.3, 0.4) is 0 Å². The third kappa shape index (κ3) is 4.70. The lowest BCUT2D eigenvalue weighted by Crippen LogP contribution is -2.37. The molecule has 7 nitrogen and oxygen atoms in total. The van der Waals surface area contributed by atoms with Gasteiger partial charge in [-0.15, -0.1) is 0 Å². The van der Waals surface area contributed by atoms with Crippen LogP contribution in [0.15, 0.2) is 85.3 Å². The van der Waals surface area contributed by atoms with E-state index in [2.05, 4.69) is 33.1 Å². The zero-order valence-electron chi connectivity index (χ0n) is 19.2. The van der Waals surface area contributed by atoms with Gasteiger partial charge in [0.1, 0.15) is 11.6 Å². The van der Waals surface area contributed by atoms with Gasteiger partial charge in [-0.2, -0.15) is 0 Å². The van der Waals surface area contributed by atoms with Crippen molar-refractivity contribution in [1.82, 2.24) is 14.5 Å². The highest BCUT2D eigenvalue weighted by atomic mass is 16.5. The summed E-state index contributed by atoms with van der Waals surface area (Å²) in [7, 11) is 1.93. The number of carbonyl (C=O) groups excluding carboxylic acids is 1. The number of carbonyl (C=O) groups is 1. The number of hydrogen-bond acceptors (Lipinski definition) is 5. The van der Waals surface area contributed by atoms with Gasteiger partial charge < -0.3 is 19.1 Å². The Morgan fingerprint density at radius 1 is 0.971 bits per heavy atom. The molecule has 0 unspecified atom stereocenters. The molecule has 1 aliphatic heterocycles. The molecule has 0 N–H and O–H groups in total. The molecule has 172 valence electrons. The van der Waals surface area contributed by atoms with E-state index in [-0.39, 0.29) is 5.91 Å². The first-order chi connectivity index (χ1) is 16.7. The highest BCUT2D eigenvalue weighted by molar-refractivity contribution is 6.06. The van der Waals surface area contributed by atoms with Crippen LogP contribution < -0.4 is 9.80 Å². The van der Waals surface area contributed by atoms with Crippen LogP contribution in [0, 0.1) is 0 Å². The van der Waals surface area contributed by atoms with E-state index in [1.807, 2.05) is 66.3 Å². The molecule has 1 fully saturated rings. The van der Waals surface area contributed by atoms with E-state index >= 15 is 0 Å². The second-order valence-corrected chi connectivity index (χ2v) is 8.27. The van der Waals surface area contributed by atoms with Crippen molar-refractivity contribution >= 4 is 17.4 Å². The predicted octanol–water partition coefficient (Wildman–Crippen LogP) is 4.17. The maximum absolute atomic E-state index is 13.7. The summed E-state index contributed by atoms with van der Waals surface area (Å²) in [6, 6.07) is 22.0. The van der Waals surface area contributed by atoms with Gasteiger partial charge in [-0.1, -0.05) is 42.5 Å². The summed E-state index contributed by atoms with van der Waals surface area (Å²) in [5, 5.41) is 0. The fourth-order valence-electron chi connectivity index (χ4n) is 4.10. The average molecular weight is 454 g/mol. The van der Waals surface area contributed by atoms with Crippen molar-refractivity contribution < 1.29 is 9.53 Å². The smallest absolute Gasteiger partial charge is 0.260 e. The summed E-state index contributed by atoms with van der Waals surface area (Å²) in [5.41, 5.74) is 3.50. The SMILES string of the molecule is Cn1ccnc1CN(C(=O)c1ccc(N2CCOCC2)nc1)c1cccc(-c2ccccc2)c1. The van der Waals surface area contributed by atoms with E-state index in [0.717, 1.165) is 41.5 Å². The molecule has 2 aromatic carbocycles. The van der Waals surface area contributed by atoms with Gasteiger partial charge in [-0.3, -0.25) is 4.79 Å². The first-order valence-electron chi connectivity index (χ1n) is 11.4. The molecular weight excluding hydrogens is 426 g/mol. The second kappa shape index (κ2) is 9.89. The zero-order chi connectivity index (χ0) is 23.3. The van der Waals surface area contributed by atoms with Crippen molar-refractivity contribution in [1.29, 1.82) is 0 Å². The molecule has 0 radical (unpaired) electrons. The van der Waals surface area contributed by atoms with Gasteiger partial charge in [0.15, 0.2) is 0 Å². The monoisotopic (exact) mass is 453 g/mol. The van der Waals surface area contributed by atoms with Gasteiger partial charge in [-0.25, -0.2) is 9.97 Å². The highest BCUT2D eigenvalue weighted by Gasteiger charge is 2.21. The Morgan fingerprint density at radius 2 is 1.76 bits per heavy atom.